The summed E-state index contributed by atoms with van der Waals surface area (Å²) in [7, 11) is 0. The van der Waals surface area contributed by atoms with Crippen LogP contribution in [0.5, 0.6) is 0 Å². The van der Waals surface area contributed by atoms with Crippen LogP contribution in [0.2, 0.25) is 0 Å². The molecule has 5 rings (SSSR count). The van der Waals surface area contributed by atoms with E-state index in [2.05, 4.69) is 44.5 Å². The number of rotatable bonds is 5. The summed E-state index contributed by atoms with van der Waals surface area (Å²) in [6.45, 7) is 10.7. The summed E-state index contributed by atoms with van der Waals surface area (Å²) < 4.78 is 1.83. The lowest BCUT2D eigenvalue weighted by molar-refractivity contribution is 0.0768. The first-order valence-electron chi connectivity index (χ1n) is 11.0. The van der Waals surface area contributed by atoms with Gasteiger partial charge in [0.05, 0.1) is 16.7 Å². The number of benzene rings is 1. The largest absolute Gasteiger partial charge is 0.337 e. The van der Waals surface area contributed by atoms with E-state index < -0.39 is 0 Å². The maximum Gasteiger partial charge on any atom is 0.257 e. The minimum absolute atomic E-state index is 0.0628. The van der Waals surface area contributed by atoms with Gasteiger partial charge in [0.2, 0.25) is 0 Å². The van der Waals surface area contributed by atoms with Crippen LogP contribution >= 0.6 is 0 Å². The number of likely N-dealkylation sites (tertiary alicyclic amines) is 2. The number of nitrogens with zero attached hydrogens (tertiary/aromatic N) is 6. The van der Waals surface area contributed by atoms with Gasteiger partial charge < -0.3 is 4.90 Å². The molecule has 2 fully saturated rings. The van der Waals surface area contributed by atoms with E-state index in [0.29, 0.717) is 24.6 Å². The monoisotopic (exact) mass is 419 g/mol. The lowest BCUT2D eigenvalue weighted by Crippen LogP contribution is -2.40. The molecule has 4 heterocycles. The number of carbonyl (C=O) groups excluding carboxylic acids is 1. The third-order valence-electron chi connectivity index (χ3n) is 6.76. The zero-order valence-corrected chi connectivity index (χ0v) is 18.4. The molecule has 1 amide bonds. The average molecular weight is 420 g/mol. The van der Waals surface area contributed by atoms with Crippen LogP contribution in [0.3, 0.4) is 0 Å². The Morgan fingerprint density at radius 3 is 2.68 bits per heavy atom. The molecule has 3 aromatic rings. The molecule has 2 aliphatic heterocycles. The summed E-state index contributed by atoms with van der Waals surface area (Å²) >= 11 is 0. The van der Waals surface area contributed by atoms with Crippen LogP contribution in [0, 0.1) is 19.8 Å². The molecule has 162 valence electrons. The second-order valence-corrected chi connectivity index (χ2v) is 8.92. The minimum atomic E-state index is -0.246. The minimum Gasteiger partial charge on any atom is -0.337 e. The van der Waals surface area contributed by atoms with E-state index in [1.165, 1.54) is 5.56 Å². The Labute approximate surface area is 182 Å². The van der Waals surface area contributed by atoms with Crippen molar-refractivity contribution in [1.29, 1.82) is 0 Å². The smallest absolute Gasteiger partial charge is 0.257 e. The molecule has 2 atom stereocenters. The molecule has 8 nitrogen and oxygen atoms in total. The van der Waals surface area contributed by atoms with Crippen LogP contribution in [0.4, 0.5) is 0 Å². The van der Waals surface area contributed by atoms with Gasteiger partial charge in [0.25, 0.3) is 5.91 Å². The highest BCUT2D eigenvalue weighted by atomic mass is 16.2. The molecule has 1 aromatic carbocycles. The quantitative estimate of drug-likeness (QED) is 0.685. The molecule has 31 heavy (non-hydrogen) atoms. The van der Waals surface area contributed by atoms with Gasteiger partial charge in [-0.15, -0.1) is 0 Å². The number of amides is 1. The van der Waals surface area contributed by atoms with Crippen molar-refractivity contribution in [3.05, 3.63) is 65.0 Å². The highest BCUT2D eigenvalue weighted by Gasteiger charge is 2.56. The number of nitrogens with one attached hydrogen (secondary N) is 1. The van der Waals surface area contributed by atoms with E-state index in [9.17, 15) is 4.79 Å². The van der Waals surface area contributed by atoms with E-state index in [1.54, 1.807) is 0 Å². The van der Waals surface area contributed by atoms with Gasteiger partial charge in [0, 0.05) is 51.4 Å². The van der Waals surface area contributed by atoms with Crippen molar-refractivity contribution in [2.24, 2.45) is 5.92 Å². The van der Waals surface area contributed by atoms with Gasteiger partial charge in [0.15, 0.2) is 5.82 Å². The first-order valence-corrected chi connectivity index (χ1v) is 11.0. The average Bonchev–Trinajstić information content (AvgIpc) is 3.50. The first kappa shape index (κ1) is 19.9. The molecule has 8 heteroatoms. The zero-order chi connectivity index (χ0) is 21.6. The molecule has 0 bridgehead atoms. The maximum atomic E-state index is 13.4. The third-order valence-corrected chi connectivity index (χ3v) is 6.76. The molecule has 1 N–H and O–H groups in total. The van der Waals surface area contributed by atoms with Crippen molar-refractivity contribution in [1.82, 2.24) is 34.8 Å². The topological polar surface area (TPSA) is 82.9 Å². The predicted octanol–water partition coefficient (Wildman–Crippen LogP) is 2.16. The van der Waals surface area contributed by atoms with E-state index in [0.717, 1.165) is 43.5 Å². The number of fused-ring (bicyclic) bond motifs is 1. The Kier molecular flexibility index (Phi) is 4.89. The highest BCUT2D eigenvalue weighted by molar-refractivity contribution is 5.95. The van der Waals surface area contributed by atoms with Crippen molar-refractivity contribution in [3.63, 3.8) is 0 Å². The van der Waals surface area contributed by atoms with E-state index in [4.69, 9.17) is 4.98 Å². The molecular weight excluding hydrogens is 390 g/mol. The summed E-state index contributed by atoms with van der Waals surface area (Å²) in [5, 5.41) is 12.0. The molecule has 0 saturated carbocycles. The Morgan fingerprint density at radius 1 is 1.19 bits per heavy atom. The highest BCUT2D eigenvalue weighted by Crippen LogP contribution is 2.44. The third kappa shape index (κ3) is 3.44. The number of aromatic nitrogens is 5. The zero-order valence-electron chi connectivity index (χ0n) is 18.4. The van der Waals surface area contributed by atoms with Gasteiger partial charge in [-0.3, -0.25) is 19.5 Å². The fraction of sp³-hybridized carbons (Fsp3) is 0.478. The molecule has 2 aromatic heterocycles. The lowest BCUT2D eigenvalue weighted by atomic mass is 9.80. The van der Waals surface area contributed by atoms with Gasteiger partial charge in [-0.2, -0.15) is 10.2 Å². The van der Waals surface area contributed by atoms with E-state index in [-0.39, 0.29) is 11.3 Å². The summed E-state index contributed by atoms with van der Waals surface area (Å²) in [6, 6.07) is 10.6. The number of carbonyl (C=O) groups is 1. The van der Waals surface area contributed by atoms with E-state index >= 15 is 0 Å². The number of aromatic amines is 1. The summed E-state index contributed by atoms with van der Waals surface area (Å²) in [4.78, 5) is 22.6. The van der Waals surface area contributed by atoms with Crippen molar-refractivity contribution >= 4 is 5.91 Å². The molecule has 0 spiro atoms. The fourth-order valence-electron chi connectivity index (χ4n) is 5.23. The molecule has 2 saturated heterocycles. The molecule has 2 aliphatic rings. The summed E-state index contributed by atoms with van der Waals surface area (Å²) in [5.41, 5.74) is 2.55. The predicted molar refractivity (Wildman–Crippen MR) is 117 cm³/mol. The van der Waals surface area contributed by atoms with Crippen molar-refractivity contribution in [2.75, 3.05) is 26.2 Å². The normalized spacial score (nSPS) is 23.5. The van der Waals surface area contributed by atoms with E-state index in [1.807, 2.05) is 42.6 Å². The number of H-pyrrole nitrogens is 1. The first-order chi connectivity index (χ1) is 15.0. The molecule has 0 unspecified atom stereocenters. The van der Waals surface area contributed by atoms with Crippen LogP contribution in [-0.2, 0) is 18.5 Å². The summed E-state index contributed by atoms with van der Waals surface area (Å²) in [6.07, 6.45) is 1.87. The van der Waals surface area contributed by atoms with Gasteiger partial charge in [0.1, 0.15) is 5.82 Å². The summed E-state index contributed by atoms with van der Waals surface area (Å²) in [5.74, 6) is 2.01. The Bertz CT molecular complexity index is 1090. The van der Waals surface area contributed by atoms with Crippen LogP contribution in [0.1, 0.15) is 40.2 Å². The number of hydrogen-bond acceptors (Lipinski definition) is 5. The SMILES string of the molecule is CCn1cc(C(=O)N2C[C@@H]3CN(Cc4ccccc4)C[C@]3(c3n[nH]c(C)n3)C2)c(C)n1. The number of aryl methyl sites for hydroxylation is 3. The molecular formula is C23H29N7O. The maximum absolute atomic E-state index is 13.4. The Hall–Kier alpha value is -3.00. The van der Waals surface area contributed by atoms with Crippen LogP contribution in [-0.4, -0.2) is 66.8 Å². The van der Waals surface area contributed by atoms with Crippen molar-refractivity contribution in [3.8, 4) is 0 Å². The second-order valence-electron chi connectivity index (χ2n) is 8.92. The second kappa shape index (κ2) is 7.60. The lowest BCUT2D eigenvalue weighted by Gasteiger charge is -2.27. The van der Waals surface area contributed by atoms with Gasteiger partial charge >= 0.3 is 0 Å². The standard InChI is InChI=1S/C23H29N7O/c1-4-30-13-20(16(2)27-30)21(31)29-12-19-11-28(10-18-8-6-5-7-9-18)14-23(19,15-29)22-24-17(3)25-26-22/h5-9,13,19H,4,10-12,14-15H2,1-3H3,(H,24,25,26)/t19-,23-/m0/s1. The van der Waals surface area contributed by atoms with Gasteiger partial charge in [-0.05, 0) is 26.3 Å². The van der Waals surface area contributed by atoms with Crippen LogP contribution in [0.15, 0.2) is 36.5 Å². The van der Waals surface area contributed by atoms with Crippen LogP contribution < -0.4 is 0 Å². The Morgan fingerprint density at radius 2 is 2.00 bits per heavy atom. The Balaban J connectivity index is 1.41. The molecule has 0 aliphatic carbocycles. The van der Waals surface area contributed by atoms with Crippen molar-refractivity contribution in [2.45, 2.75) is 39.3 Å². The van der Waals surface area contributed by atoms with Crippen molar-refractivity contribution < 1.29 is 4.79 Å². The van der Waals surface area contributed by atoms with Gasteiger partial charge in [-0.1, -0.05) is 30.3 Å². The molecule has 0 radical (unpaired) electrons. The number of hydrogen-bond donors (Lipinski definition) is 1. The van der Waals surface area contributed by atoms with Crippen LogP contribution in [0.25, 0.3) is 0 Å². The fourth-order valence-corrected chi connectivity index (χ4v) is 5.23. The van der Waals surface area contributed by atoms with Gasteiger partial charge in [-0.25, -0.2) is 4.98 Å².